The van der Waals surface area contributed by atoms with Crippen LogP contribution in [0.25, 0.3) is 10.6 Å². The highest BCUT2D eigenvalue weighted by atomic mass is 32.1. The van der Waals surface area contributed by atoms with Crippen molar-refractivity contribution in [1.82, 2.24) is 4.98 Å². The number of nitrogens with zero attached hydrogens (tertiary/aromatic N) is 1. The molecule has 0 amide bonds. The van der Waals surface area contributed by atoms with Crippen LogP contribution < -0.4 is 9.47 Å². The van der Waals surface area contributed by atoms with E-state index >= 15 is 0 Å². The van der Waals surface area contributed by atoms with E-state index in [1.54, 1.807) is 18.4 Å². The Morgan fingerprint density at radius 1 is 1.32 bits per heavy atom. The molecule has 2 aromatic rings. The lowest BCUT2D eigenvalue weighted by Crippen LogP contribution is -1.97. The van der Waals surface area contributed by atoms with Gasteiger partial charge in [-0.1, -0.05) is 6.92 Å². The Kier molecular flexibility index (Phi) is 5.10. The highest BCUT2D eigenvalue weighted by Gasteiger charge is 2.09. The van der Waals surface area contributed by atoms with E-state index in [1.165, 1.54) is 0 Å². The van der Waals surface area contributed by atoms with E-state index < -0.39 is 0 Å². The third kappa shape index (κ3) is 3.42. The van der Waals surface area contributed by atoms with Crippen LogP contribution in [-0.2, 0) is 5.75 Å². The van der Waals surface area contributed by atoms with Gasteiger partial charge in [-0.05, 0) is 24.6 Å². The van der Waals surface area contributed by atoms with Crippen molar-refractivity contribution in [2.75, 3.05) is 13.7 Å². The number of aromatic nitrogens is 1. The Morgan fingerprint density at radius 3 is 2.79 bits per heavy atom. The maximum Gasteiger partial charge on any atom is 0.161 e. The van der Waals surface area contributed by atoms with Gasteiger partial charge in [-0.2, -0.15) is 12.6 Å². The Labute approximate surface area is 123 Å². The average Bonchev–Trinajstić information content (AvgIpc) is 2.93. The van der Waals surface area contributed by atoms with Crippen LogP contribution in [0.15, 0.2) is 24.4 Å². The van der Waals surface area contributed by atoms with E-state index in [9.17, 15) is 0 Å². The molecule has 1 aromatic heterocycles. The van der Waals surface area contributed by atoms with Crippen LogP contribution in [0, 0.1) is 0 Å². The molecule has 1 heterocycles. The minimum atomic E-state index is 0.691. The summed E-state index contributed by atoms with van der Waals surface area (Å²) in [5, 5.41) is 0.976. The number of rotatable bonds is 6. The smallest absolute Gasteiger partial charge is 0.161 e. The molecular weight excluding hydrogens is 278 g/mol. The van der Waals surface area contributed by atoms with Gasteiger partial charge in [0.2, 0.25) is 0 Å². The van der Waals surface area contributed by atoms with Crippen molar-refractivity contribution in [2.24, 2.45) is 0 Å². The number of benzene rings is 1. The van der Waals surface area contributed by atoms with E-state index in [2.05, 4.69) is 24.5 Å². The van der Waals surface area contributed by atoms with Gasteiger partial charge in [-0.15, -0.1) is 11.3 Å². The Hall–Kier alpha value is -1.20. The molecule has 0 aliphatic heterocycles. The molecule has 0 bridgehead atoms. The second-order valence-electron chi connectivity index (χ2n) is 4.00. The Balaban J connectivity index is 2.27. The van der Waals surface area contributed by atoms with Gasteiger partial charge in [0.1, 0.15) is 5.01 Å². The zero-order chi connectivity index (χ0) is 13.7. The van der Waals surface area contributed by atoms with E-state index in [0.717, 1.165) is 33.4 Å². The second kappa shape index (κ2) is 6.82. The van der Waals surface area contributed by atoms with Gasteiger partial charge in [-0.25, -0.2) is 4.98 Å². The highest BCUT2D eigenvalue weighted by molar-refractivity contribution is 7.79. The molecule has 0 radical (unpaired) electrons. The quantitative estimate of drug-likeness (QED) is 0.816. The van der Waals surface area contributed by atoms with E-state index in [1.807, 2.05) is 24.4 Å². The number of hydrogen-bond donors (Lipinski definition) is 1. The van der Waals surface area contributed by atoms with Crippen molar-refractivity contribution < 1.29 is 9.47 Å². The molecule has 2 rings (SSSR count). The predicted octanol–water partition coefficient (Wildman–Crippen LogP) is 4.04. The summed E-state index contributed by atoms with van der Waals surface area (Å²) in [6.07, 6.45) is 2.84. The summed E-state index contributed by atoms with van der Waals surface area (Å²) in [7, 11) is 1.65. The summed E-state index contributed by atoms with van der Waals surface area (Å²) >= 11 is 5.90. The zero-order valence-electron chi connectivity index (χ0n) is 11.0. The van der Waals surface area contributed by atoms with Crippen LogP contribution >= 0.6 is 24.0 Å². The van der Waals surface area contributed by atoms with Crippen LogP contribution in [0.2, 0.25) is 0 Å². The zero-order valence-corrected chi connectivity index (χ0v) is 12.8. The molecule has 0 fully saturated rings. The summed E-state index contributed by atoms with van der Waals surface area (Å²) in [6, 6.07) is 5.91. The van der Waals surface area contributed by atoms with Crippen molar-refractivity contribution in [2.45, 2.75) is 19.1 Å². The van der Waals surface area contributed by atoms with Gasteiger partial charge in [-0.3, -0.25) is 0 Å². The molecule has 102 valence electrons. The van der Waals surface area contributed by atoms with Gasteiger partial charge in [0.05, 0.1) is 13.7 Å². The summed E-state index contributed by atoms with van der Waals surface area (Å²) in [5.41, 5.74) is 1.04. The fraction of sp³-hybridized carbons (Fsp3) is 0.357. The van der Waals surface area contributed by atoms with Crippen LogP contribution in [0.4, 0.5) is 0 Å². The number of ether oxygens (including phenoxy) is 2. The molecule has 0 aliphatic carbocycles. The lowest BCUT2D eigenvalue weighted by Gasteiger charge is -2.10. The predicted molar refractivity (Wildman–Crippen MR) is 82.6 cm³/mol. The number of thiol groups is 1. The van der Waals surface area contributed by atoms with Gasteiger partial charge in [0.25, 0.3) is 0 Å². The number of methoxy groups -OCH3 is 1. The summed E-state index contributed by atoms with van der Waals surface area (Å²) in [6.45, 7) is 2.77. The lowest BCUT2D eigenvalue weighted by molar-refractivity contribution is 0.294. The molecule has 1 aromatic carbocycles. The molecule has 0 aliphatic rings. The summed E-state index contributed by atoms with van der Waals surface area (Å²) < 4.78 is 11.0. The van der Waals surface area contributed by atoms with Crippen molar-refractivity contribution >= 4 is 24.0 Å². The minimum Gasteiger partial charge on any atom is -0.493 e. The Morgan fingerprint density at radius 2 is 2.16 bits per heavy atom. The molecular formula is C14H17NO2S2. The minimum absolute atomic E-state index is 0.691. The maximum atomic E-state index is 5.64. The molecule has 5 heteroatoms. The molecule has 0 spiro atoms. The molecule has 0 saturated carbocycles. The number of thiazole rings is 1. The monoisotopic (exact) mass is 295 g/mol. The van der Waals surface area contributed by atoms with E-state index in [-0.39, 0.29) is 0 Å². The number of hydrogen-bond acceptors (Lipinski definition) is 5. The van der Waals surface area contributed by atoms with Crippen LogP contribution in [0.1, 0.15) is 18.2 Å². The summed E-state index contributed by atoms with van der Waals surface area (Å²) in [5.74, 6) is 2.24. The first kappa shape index (κ1) is 14.2. The molecule has 0 N–H and O–H groups in total. The van der Waals surface area contributed by atoms with Gasteiger partial charge >= 0.3 is 0 Å². The molecule has 0 saturated heterocycles. The summed E-state index contributed by atoms with van der Waals surface area (Å²) in [4.78, 5) is 5.55. The fourth-order valence-corrected chi connectivity index (χ4v) is 2.69. The van der Waals surface area contributed by atoms with Gasteiger partial charge in [0, 0.05) is 22.4 Å². The van der Waals surface area contributed by atoms with Crippen molar-refractivity contribution in [3.05, 3.63) is 29.3 Å². The second-order valence-corrected chi connectivity index (χ2v) is 5.44. The first-order valence-electron chi connectivity index (χ1n) is 6.15. The lowest BCUT2D eigenvalue weighted by atomic mass is 10.2. The van der Waals surface area contributed by atoms with Crippen LogP contribution in [0.5, 0.6) is 11.5 Å². The third-order valence-electron chi connectivity index (χ3n) is 2.58. The Bertz CT molecular complexity index is 540. The largest absolute Gasteiger partial charge is 0.493 e. The van der Waals surface area contributed by atoms with Crippen molar-refractivity contribution in [1.29, 1.82) is 0 Å². The SMILES string of the molecule is CCCOc1ccc(-c2ncc(CS)s2)cc1OC. The van der Waals surface area contributed by atoms with Crippen molar-refractivity contribution in [3.8, 4) is 22.1 Å². The first-order valence-corrected chi connectivity index (χ1v) is 7.60. The maximum absolute atomic E-state index is 5.64. The molecule has 0 atom stereocenters. The van der Waals surface area contributed by atoms with Gasteiger partial charge in [0.15, 0.2) is 11.5 Å². The fourth-order valence-electron chi connectivity index (χ4n) is 1.65. The van der Waals surface area contributed by atoms with Crippen LogP contribution in [-0.4, -0.2) is 18.7 Å². The van der Waals surface area contributed by atoms with Crippen LogP contribution in [0.3, 0.4) is 0 Å². The third-order valence-corrected chi connectivity index (χ3v) is 4.18. The van der Waals surface area contributed by atoms with E-state index in [0.29, 0.717) is 12.4 Å². The van der Waals surface area contributed by atoms with E-state index in [4.69, 9.17) is 9.47 Å². The molecule has 0 unspecified atom stereocenters. The highest BCUT2D eigenvalue weighted by Crippen LogP contribution is 2.34. The van der Waals surface area contributed by atoms with Gasteiger partial charge < -0.3 is 9.47 Å². The standard InChI is InChI=1S/C14H17NO2S2/c1-3-6-17-12-5-4-10(7-13(12)16-2)14-15-8-11(9-18)19-14/h4-5,7-8,18H,3,6,9H2,1-2H3. The van der Waals surface area contributed by atoms with Crippen molar-refractivity contribution in [3.63, 3.8) is 0 Å². The molecule has 3 nitrogen and oxygen atoms in total. The topological polar surface area (TPSA) is 31.4 Å². The molecule has 19 heavy (non-hydrogen) atoms. The average molecular weight is 295 g/mol. The normalized spacial score (nSPS) is 10.5. The first-order chi connectivity index (χ1) is 9.28.